The van der Waals surface area contributed by atoms with E-state index in [4.69, 9.17) is 14.2 Å². The van der Waals surface area contributed by atoms with Crippen molar-refractivity contribution in [1.29, 1.82) is 0 Å². The molecule has 1 saturated heterocycles. The van der Waals surface area contributed by atoms with E-state index in [1.165, 1.54) is 0 Å². The van der Waals surface area contributed by atoms with Crippen LogP contribution < -0.4 is 9.47 Å². The number of benzene rings is 1. The zero-order valence-corrected chi connectivity index (χ0v) is 12.0. The number of morpholine rings is 1. The second-order valence-electron chi connectivity index (χ2n) is 4.99. The molecule has 0 aromatic heterocycles. The van der Waals surface area contributed by atoms with E-state index >= 15 is 0 Å². The highest BCUT2D eigenvalue weighted by Crippen LogP contribution is 2.25. The molecule has 0 N–H and O–H groups in total. The van der Waals surface area contributed by atoms with Gasteiger partial charge in [0.2, 0.25) is 0 Å². The van der Waals surface area contributed by atoms with Crippen molar-refractivity contribution in [1.82, 2.24) is 4.90 Å². The van der Waals surface area contributed by atoms with Gasteiger partial charge in [0.15, 0.2) is 11.5 Å². The molecule has 1 heterocycles. The molecule has 2 atom stereocenters. The van der Waals surface area contributed by atoms with Gasteiger partial charge in [0.25, 0.3) is 0 Å². The van der Waals surface area contributed by atoms with Crippen LogP contribution >= 0.6 is 0 Å². The summed E-state index contributed by atoms with van der Waals surface area (Å²) >= 11 is 0. The molecule has 106 valence electrons. The van der Waals surface area contributed by atoms with Crippen molar-refractivity contribution >= 4 is 0 Å². The molecule has 0 bridgehead atoms. The largest absolute Gasteiger partial charge is 0.493 e. The number of hydrogen-bond acceptors (Lipinski definition) is 4. The topological polar surface area (TPSA) is 30.9 Å². The molecule has 1 aliphatic heterocycles. The molecule has 19 heavy (non-hydrogen) atoms. The first kappa shape index (κ1) is 14.2. The zero-order chi connectivity index (χ0) is 13.7. The number of rotatable bonds is 5. The molecule has 2 rings (SSSR count). The third-order valence-corrected chi connectivity index (χ3v) is 3.44. The maximum atomic E-state index is 5.81. The van der Waals surface area contributed by atoms with Crippen molar-refractivity contribution in [3.05, 3.63) is 24.3 Å². The van der Waals surface area contributed by atoms with Crippen LogP contribution in [0.25, 0.3) is 0 Å². The molecule has 0 amide bonds. The summed E-state index contributed by atoms with van der Waals surface area (Å²) in [6.45, 7) is 7.64. The lowest BCUT2D eigenvalue weighted by molar-refractivity contribution is -0.0523. The quantitative estimate of drug-likeness (QED) is 0.816. The van der Waals surface area contributed by atoms with E-state index in [9.17, 15) is 0 Å². The Kier molecular flexibility index (Phi) is 5.05. The first-order valence-electron chi connectivity index (χ1n) is 6.82. The third kappa shape index (κ3) is 3.85. The number of nitrogens with zero attached hydrogens (tertiary/aromatic N) is 1. The van der Waals surface area contributed by atoms with E-state index in [2.05, 4.69) is 18.7 Å². The molecule has 1 aliphatic rings. The van der Waals surface area contributed by atoms with Crippen LogP contribution in [0, 0.1) is 0 Å². The first-order valence-corrected chi connectivity index (χ1v) is 6.82. The van der Waals surface area contributed by atoms with Gasteiger partial charge in [0, 0.05) is 19.1 Å². The smallest absolute Gasteiger partial charge is 0.161 e. The summed E-state index contributed by atoms with van der Waals surface area (Å²) in [4.78, 5) is 2.41. The van der Waals surface area contributed by atoms with E-state index in [0.717, 1.165) is 31.2 Å². The number of methoxy groups -OCH3 is 1. The van der Waals surface area contributed by atoms with Crippen LogP contribution in [-0.4, -0.2) is 50.5 Å². The van der Waals surface area contributed by atoms with Crippen molar-refractivity contribution in [2.75, 3.05) is 33.4 Å². The monoisotopic (exact) mass is 265 g/mol. The molecular weight excluding hydrogens is 242 g/mol. The molecule has 4 heteroatoms. The van der Waals surface area contributed by atoms with Gasteiger partial charge in [-0.25, -0.2) is 0 Å². The van der Waals surface area contributed by atoms with Crippen molar-refractivity contribution in [2.24, 2.45) is 0 Å². The van der Waals surface area contributed by atoms with Gasteiger partial charge in [-0.1, -0.05) is 12.1 Å². The van der Waals surface area contributed by atoms with E-state index < -0.39 is 0 Å². The standard InChI is InChI=1S/C15H23NO3/c1-12-11-19-13(2)10-16(12)8-9-18-15-7-5-4-6-14(15)17-3/h4-7,12-13H,8-11H2,1-3H3. The van der Waals surface area contributed by atoms with Gasteiger partial charge in [-0.15, -0.1) is 0 Å². The Morgan fingerprint density at radius 3 is 2.74 bits per heavy atom. The van der Waals surface area contributed by atoms with Gasteiger partial charge < -0.3 is 14.2 Å². The summed E-state index contributed by atoms with van der Waals surface area (Å²) in [5.74, 6) is 1.59. The second-order valence-corrected chi connectivity index (χ2v) is 4.99. The SMILES string of the molecule is COc1ccccc1OCCN1CC(C)OCC1C. The van der Waals surface area contributed by atoms with E-state index in [1.54, 1.807) is 7.11 Å². The van der Waals surface area contributed by atoms with Crippen LogP contribution in [-0.2, 0) is 4.74 Å². The van der Waals surface area contributed by atoms with Crippen molar-refractivity contribution in [3.8, 4) is 11.5 Å². The average Bonchev–Trinajstić information content (AvgIpc) is 2.43. The molecule has 0 aliphatic carbocycles. The molecule has 1 aromatic rings. The predicted molar refractivity (Wildman–Crippen MR) is 74.9 cm³/mol. The maximum absolute atomic E-state index is 5.81. The summed E-state index contributed by atoms with van der Waals surface area (Å²) in [7, 11) is 1.66. The molecule has 0 saturated carbocycles. The fraction of sp³-hybridized carbons (Fsp3) is 0.600. The van der Waals surface area contributed by atoms with Gasteiger partial charge in [0.05, 0.1) is 19.8 Å². The third-order valence-electron chi connectivity index (χ3n) is 3.44. The maximum Gasteiger partial charge on any atom is 0.161 e. The van der Waals surface area contributed by atoms with Gasteiger partial charge in [-0.2, -0.15) is 0 Å². The minimum Gasteiger partial charge on any atom is -0.493 e. The number of para-hydroxylation sites is 2. The van der Waals surface area contributed by atoms with Crippen LogP contribution in [0.4, 0.5) is 0 Å². The Morgan fingerprint density at radius 1 is 1.26 bits per heavy atom. The number of ether oxygens (including phenoxy) is 3. The highest BCUT2D eigenvalue weighted by Gasteiger charge is 2.22. The average molecular weight is 265 g/mol. The highest BCUT2D eigenvalue weighted by atomic mass is 16.5. The van der Waals surface area contributed by atoms with E-state index in [-0.39, 0.29) is 0 Å². The van der Waals surface area contributed by atoms with Gasteiger partial charge in [-0.3, -0.25) is 4.90 Å². The van der Waals surface area contributed by atoms with Crippen LogP contribution in [0.3, 0.4) is 0 Å². The lowest BCUT2D eigenvalue weighted by Crippen LogP contribution is -2.48. The molecule has 1 aromatic carbocycles. The highest BCUT2D eigenvalue weighted by molar-refractivity contribution is 5.39. The van der Waals surface area contributed by atoms with Crippen LogP contribution in [0.5, 0.6) is 11.5 Å². The van der Waals surface area contributed by atoms with Crippen LogP contribution in [0.2, 0.25) is 0 Å². The summed E-state index contributed by atoms with van der Waals surface area (Å²) in [6, 6.07) is 8.20. The normalized spacial score (nSPS) is 24.2. The molecule has 0 radical (unpaired) electrons. The lowest BCUT2D eigenvalue weighted by atomic mass is 10.2. The van der Waals surface area contributed by atoms with E-state index in [0.29, 0.717) is 18.8 Å². The minimum atomic E-state index is 0.308. The molecule has 1 fully saturated rings. The Labute approximate surface area is 115 Å². The van der Waals surface area contributed by atoms with Crippen molar-refractivity contribution in [3.63, 3.8) is 0 Å². The Morgan fingerprint density at radius 2 is 2.00 bits per heavy atom. The summed E-state index contributed by atoms with van der Waals surface area (Å²) < 4.78 is 16.7. The molecule has 4 nitrogen and oxygen atoms in total. The Balaban J connectivity index is 1.82. The van der Waals surface area contributed by atoms with Gasteiger partial charge in [0.1, 0.15) is 6.61 Å². The summed E-state index contributed by atoms with van der Waals surface area (Å²) in [5, 5.41) is 0. The Hall–Kier alpha value is -1.26. The molecule has 0 spiro atoms. The lowest BCUT2D eigenvalue weighted by Gasteiger charge is -2.36. The fourth-order valence-electron chi connectivity index (χ4n) is 2.29. The minimum absolute atomic E-state index is 0.308. The van der Waals surface area contributed by atoms with Crippen molar-refractivity contribution in [2.45, 2.75) is 26.0 Å². The first-order chi connectivity index (χ1) is 9.20. The summed E-state index contributed by atoms with van der Waals surface area (Å²) in [5.41, 5.74) is 0. The summed E-state index contributed by atoms with van der Waals surface area (Å²) in [6.07, 6.45) is 0.308. The second kappa shape index (κ2) is 6.78. The fourth-order valence-corrected chi connectivity index (χ4v) is 2.29. The van der Waals surface area contributed by atoms with Crippen molar-refractivity contribution < 1.29 is 14.2 Å². The van der Waals surface area contributed by atoms with E-state index in [1.807, 2.05) is 24.3 Å². The molecular formula is C15H23NO3. The Bertz CT molecular complexity index is 397. The van der Waals surface area contributed by atoms with Crippen LogP contribution in [0.1, 0.15) is 13.8 Å². The number of hydrogen-bond donors (Lipinski definition) is 0. The predicted octanol–water partition coefficient (Wildman–Crippen LogP) is 2.18. The zero-order valence-electron chi connectivity index (χ0n) is 12.0. The molecule has 2 unspecified atom stereocenters. The van der Waals surface area contributed by atoms with Gasteiger partial charge in [-0.05, 0) is 26.0 Å². The van der Waals surface area contributed by atoms with Gasteiger partial charge >= 0.3 is 0 Å². The van der Waals surface area contributed by atoms with Crippen LogP contribution in [0.15, 0.2) is 24.3 Å².